The molecule has 0 saturated carbocycles. The number of carbonyl (C=O) groups is 1. The molecule has 1 amide bonds. The molecule has 0 bridgehead atoms. The lowest BCUT2D eigenvalue weighted by molar-refractivity contribution is -0.113. The number of anilines is 1. The standard InChI is InChI=1S/C20H19N3O4S/c1-25-16-5-3-15(4-6-16)23-9-8-21-20(23)28-13-19(24)22-14-2-7-17-18(12-14)27-11-10-26-17/h2-9,12H,10-11,13H2,1H3,(H,22,24). The summed E-state index contributed by atoms with van der Waals surface area (Å²) >= 11 is 1.37. The molecule has 0 saturated heterocycles. The maximum absolute atomic E-state index is 12.3. The molecule has 0 aliphatic carbocycles. The number of hydrogen-bond acceptors (Lipinski definition) is 6. The number of rotatable bonds is 6. The van der Waals surface area contributed by atoms with Crippen LogP contribution in [-0.2, 0) is 4.79 Å². The van der Waals surface area contributed by atoms with E-state index in [1.165, 1.54) is 11.8 Å². The summed E-state index contributed by atoms with van der Waals surface area (Å²) in [6.45, 7) is 1.05. The van der Waals surface area contributed by atoms with Gasteiger partial charge in [-0.05, 0) is 36.4 Å². The molecule has 0 radical (unpaired) electrons. The van der Waals surface area contributed by atoms with Gasteiger partial charge in [-0.1, -0.05) is 11.8 Å². The Balaban J connectivity index is 1.38. The molecule has 0 spiro atoms. The molecule has 2 heterocycles. The summed E-state index contributed by atoms with van der Waals surface area (Å²) in [5.74, 6) is 2.25. The van der Waals surface area contributed by atoms with Gasteiger partial charge in [-0.3, -0.25) is 9.36 Å². The highest BCUT2D eigenvalue weighted by atomic mass is 32.2. The number of carbonyl (C=O) groups excluding carboxylic acids is 1. The van der Waals surface area contributed by atoms with Crippen molar-refractivity contribution in [1.29, 1.82) is 0 Å². The van der Waals surface area contributed by atoms with Crippen LogP contribution in [0.2, 0.25) is 0 Å². The van der Waals surface area contributed by atoms with Crippen LogP contribution in [0.1, 0.15) is 0 Å². The summed E-state index contributed by atoms with van der Waals surface area (Å²) in [5, 5.41) is 3.62. The summed E-state index contributed by atoms with van der Waals surface area (Å²) in [5.41, 5.74) is 1.63. The Kier molecular flexibility index (Phi) is 5.38. The second-order valence-electron chi connectivity index (χ2n) is 5.97. The number of imidazole rings is 1. The van der Waals surface area contributed by atoms with Crippen LogP contribution in [0.3, 0.4) is 0 Å². The van der Waals surface area contributed by atoms with E-state index in [9.17, 15) is 4.79 Å². The Morgan fingerprint density at radius 1 is 1.18 bits per heavy atom. The minimum Gasteiger partial charge on any atom is -0.497 e. The predicted molar refractivity (Wildman–Crippen MR) is 107 cm³/mol. The number of nitrogens with zero attached hydrogens (tertiary/aromatic N) is 2. The van der Waals surface area contributed by atoms with Crippen molar-refractivity contribution in [3.8, 4) is 22.9 Å². The first-order valence-corrected chi connectivity index (χ1v) is 9.71. The van der Waals surface area contributed by atoms with Gasteiger partial charge < -0.3 is 19.5 Å². The molecular weight excluding hydrogens is 378 g/mol. The zero-order chi connectivity index (χ0) is 19.3. The zero-order valence-corrected chi connectivity index (χ0v) is 16.1. The molecule has 1 aliphatic heterocycles. The highest BCUT2D eigenvalue weighted by Crippen LogP contribution is 2.32. The van der Waals surface area contributed by atoms with Crippen LogP contribution < -0.4 is 19.5 Å². The number of thioether (sulfide) groups is 1. The van der Waals surface area contributed by atoms with Gasteiger partial charge in [0.1, 0.15) is 19.0 Å². The van der Waals surface area contributed by atoms with Crippen LogP contribution in [0.5, 0.6) is 17.2 Å². The summed E-state index contributed by atoms with van der Waals surface area (Å²) in [6.07, 6.45) is 3.58. The number of aromatic nitrogens is 2. The maximum atomic E-state index is 12.3. The van der Waals surface area contributed by atoms with Crippen molar-refractivity contribution in [2.75, 3.05) is 31.4 Å². The van der Waals surface area contributed by atoms with E-state index in [-0.39, 0.29) is 11.7 Å². The summed E-state index contributed by atoms with van der Waals surface area (Å²) in [7, 11) is 1.63. The van der Waals surface area contributed by atoms with E-state index < -0.39 is 0 Å². The Morgan fingerprint density at radius 3 is 2.75 bits per heavy atom. The SMILES string of the molecule is COc1ccc(-n2ccnc2SCC(=O)Nc2ccc3c(c2)OCCO3)cc1. The van der Waals surface area contributed by atoms with E-state index >= 15 is 0 Å². The first-order chi connectivity index (χ1) is 13.7. The average molecular weight is 397 g/mol. The molecule has 7 nitrogen and oxygen atoms in total. The third kappa shape index (κ3) is 4.07. The van der Waals surface area contributed by atoms with E-state index in [0.29, 0.717) is 30.4 Å². The first kappa shape index (κ1) is 18.2. The second kappa shape index (κ2) is 8.26. The van der Waals surface area contributed by atoms with Gasteiger partial charge in [0.15, 0.2) is 16.7 Å². The van der Waals surface area contributed by atoms with Gasteiger partial charge in [-0.25, -0.2) is 4.98 Å². The van der Waals surface area contributed by atoms with Gasteiger partial charge in [0.25, 0.3) is 0 Å². The third-order valence-electron chi connectivity index (χ3n) is 4.12. The van der Waals surface area contributed by atoms with Gasteiger partial charge >= 0.3 is 0 Å². The first-order valence-electron chi connectivity index (χ1n) is 8.73. The summed E-state index contributed by atoms with van der Waals surface area (Å²) < 4.78 is 18.2. The average Bonchev–Trinajstić information content (AvgIpc) is 3.21. The van der Waals surface area contributed by atoms with Gasteiger partial charge in [0.05, 0.1) is 12.9 Å². The molecule has 0 atom stereocenters. The molecule has 4 rings (SSSR count). The van der Waals surface area contributed by atoms with Crippen molar-refractivity contribution in [2.45, 2.75) is 5.16 Å². The quantitative estimate of drug-likeness (QED) is 0.643. The molecule has 2 aromatic carbocycles. The summed E-state index contributed by atoms with van der Waals surface area (Å²) in [4.78, 5) is 16.7. The Morgan fingerprint density at radius 2 is 1.96 bits per heavy atom. The molecule has 0 unspecified atom stereocenters. The maximum Gasteiger partial charge on any atom is 0.234 e. The van der Waals surface area contributed by atoms with Gasteiger partial charge in [0, 0.05) is 29.8 Å². The highest BCUT2D eigenvalue weighted by molar-refractivity contribution is 7.99. The minimum absolute atomic E-state index is 0.119. The van der Waals surface area contributed by atoms with E-state index in [1.807, 2.05) is 35.0 Å². The minimum atomic E-state index is -0.119. The van der Waals surface area contributed by atoms with E-state index in [0.717, 1.165) is 16.6 Å². The van der Waals surface area contributed by atoms with Crippen LogP contribution in [-0.4, -0.2) is 41.5 Å². The predicted octanol–water partition coefficient (Wildman–Crippen LogP) is 3.38. The fourth-order valence-electron chi connectivity index (χ4n) is 2.78. The fraction of sp³-hybridized carbons (Fsp3) is 0.200. The van der Waals surface area contributed by atoms with E-state index in [2.05, 4.69) is 10.3 Å². The van der Waals surface area contributed by atoms with E-state index in [1.54, 1.807) is 31.5 Å². The largest absolute Gasteiger partial charge is 0.497 e. The molecule has 144 valence electrons. The van der Waals surface area contributed by atoms with Crippen molar-refractivity contribution in [1.82, 2.24) is 9.55 Å². The number of fused-ring (bicyclic) bond motifs is 1. The van der Waals surface area contributed by atoms with E-state index in [4.69, 9.17) is 14.2 Å². The van der Waals surface area contributed by atoms with Crippen molar-refractivity contribution >= 4 is 23.4 Å². The number of amides is 1. The molecular formula is C20H19N3O4S. The molecule has 0 fully saturated rings. The van der Waals surface area contributed by atoms with Gasteiger partial charge in [0.2, 0.25) is 5.91 Å². The van der Waals surface area contributed by atoms with Crippen molar-refractivity contribution in [3.05, 3.63) is 54.9 Å². The molecule has 28 heavy (non-hydrogen) atoms. The number of ether oxygens (including phenoxy) is 3. The topological polar surface area (TPSA) is 74.6 Å². The Hall–Kier alpha value is -3.13. The lowest BCUT2D eigenvalue weighted by Crippen LogP contribution is -2.17. The number of benzene rings is 2. The Labute approximate surface area is 166 Å². The van der Waals surface area contributed by atoms with Crippen LogP contribution in [0.25, 0.3) is 5.69 Å². The molecule has 3 aromatic rings. The smallest absolute Gasteiger partial charge is 0.234 e. The number of nitrogens with one attached hydrogen (secondary N) is 1. The molecule has 1 aliphatic rings. The van der Waals surface area contributed by atoms with Crippen molar-refractivity contribution < 1.29 is 19.0 Å². The second-order valence-corrected chi connectivity index (χ2v) is 6.92. The lowest BCUT2D eigenvalue weighted by Gasteiger charge is -2.19. The third-order valence-corrected chi connectivity index (χ3v) is 5.08. The van der Waals surface area contributed by atoms with Crippen molar-refractivity contribution in [2.24, 2.45) is 0 Å². The monoisotopic (exact) mass is 397 g/mol. The molecule has 8 heteroatoms. The fourth-order valence-corrected chi connectivity index (χ4v) is 3.56. The normalized spacial score (nSPS) is 12.5. The highest BCUT2D eigenvalue weighted by Gasteiger charge is 2.14. The van der Waals surface area contributed by atoms with Crippen molar-refractivity contribution in [3.63, 3.8) is 0 Å². The van der Waals surface area contributed by atoms with Crippen LogP contribution in [0.15, 0.2) is 60.0 Å². The van der Waals surface area contributed by atoms with Gasteiger partial charge in [-0.15, -0.1) is 0 Å². The molecule has 1 aromatic heterocycles. The summed E-state index contributed by atoms with van der Waals surface area (Å²) in [6, 6.07) is 13.0. The molecule has 1 N–H and O–H groups in total. The van der Waals surface area contributed by atoms with Crippen LogP contribution in [0.4, 0.5) is 5.69 Å². The van der Waals surface area contributed by atoms with Crippen LogP contribution >= 0.6 is 11.8 Å². The van der Waals surface area contributed by atoms with Gasteiger partial charge in [-0.2, -0.15) is 0 Å². The number of methoxy groups -OCH3 is 1. The zero-order valence-electron chi connectivity index (χ0n) is 15.3. The number of hydrogen-bond donors (Lipinski definition) is 1. The Bertz CT molecular complexity index is 972. The lowest BCUT2D eigenvalue weighted by atomic mass is 10.2. The van der Waals surface area contributed by atoms with Crippen LogP contribution in [0, 0.1) is 0 Å².